The second kappa shape index (κ2) is 4.68. The Morgan fingerprint density at radius 1 is 1.20 bits per heavy atom. The Morgan fingerprint density at radius 3 is 2.40 bits per heavy atom. The molecule has 0 saturated carbocycles. The number of nitrogens with two attached hydrogens (primary N) is 1. The maximum atomic E-state index is 13.0. The Hall–Kier alpha value is -1.72. The van der Waals surface area contributed by atoms with E-state index < -0.39 is 23.4 Å². The summed E-state index contributed by atoms with van der Waals surface area (Å²) in [5.41, 5.74) is 4.64. The first kappa shape index (κ1) is 11.4. The van der Waals surface area contributed by atoms with Gasteiger partial charge >= 0.3 is 0 Å². The molecule has 82 valence electrons. The fraction of sp³-hybridized carbons (Fsp3) is 0.222. The highest BCUT2D eigenvalue weighted by Gasteiger charge is 2.09. The van der Waals surface area contributed by atoms with Gasteiger partial charge in [-0.25, -0.2) is 13.2 Å². The van der Waals surface area contributed by atoms with Crippen molar-refractivity contribution in [3.05, 3.63) is 29.6 Å². The van der Waals surface area contributed by atoms with E-state index in [9.17, 15) is 18.0 Å². The number of anilines is 1. The van der Waals surface area contributed by atoms with Gasteiger partial charge in [0.05, 0.1) is 5.69 Å². The number of rotatable bonds is 4. The number of hydrogen-bond acceptors (Lipinski definition) is 2. The lowest BCUT2D eigenvalue weighted by molar-refractivity contribution is -0.117. The molecule has 1 aromatic rings. The number of halogens is 3. The van der Waals surface area contributed by atoms with Gasteiger partial charge in [-0.2, -0.15) is 0 Å². The maximum absolute atomic E-state index is 13.0. The van der Waals surface area contributed by atoms with Crippen molar-refractivity contribution < 1.29 is 18.0 Å². The van der Waals surface area contributed by atoms with Crippen molar-refractivity contribution in [2.24, 2.45) is 5.73 Å². The molecule has 1 aromatic carbocycles. The summed E-state index contributed by atoms with van der Waals surface area (Å²) in [4.78, 5) is 10.3. The lowest BCUT2D eigenvalue weighted by atomic mass is 10.2. The van der Waals surface area contributed by atoms with Gasteiger partial charge in [-0.3, -0.25) is 4.79 Å². The highest BCUT2D eigenvalue weighted by molar-refractivity contribution is 5.74. The van der Waals surface area contributed by atoms with Crippen LogP contribution in [0.5, 0.6) is 0 Å². The van der Waals surface area contributed by atoms with Crippen LogP contribution in [-0.2, 0) is 4.79 Å². The van der Waals surface area contributed by atoms with Crippen molar-refractivity contribution in [3.8, 4) is 0 Å². The number of hydrogen-bond donors (Lipinski definition) is 2. The third kappa shape index (κ3) is 3.16. The Kier molecular flexibility index (Phi) is 3.54. The number of carbonyl (C=O) groups excluding carboxylic acids is 1. The predicted octanol–water partition coefficient (Wildman–Crippen LogP) is 1.39. The van der Waals surface area contributed by atoms with Gasteiger partial charge in [0, 0.05) is 25.1 Å². The Labute approximate surface area is 84.1 Å². The Balaban J connectivity index is 2.69. The molecule has 0 bridgehead atoms. The first-order valence-corrected chi connectivity index (χ1v) is 4.17. The molecule has 1 amide bonds. The molecule has 6 heteroatoms. The fourth-order valence-electron chi connectivity index (χ4n) is 0.978. The molecule has 0 spiro atoms. The summed E-state index contributed by atoms with van der Waals surface area (Å²) in [6, 6.07) is 1.12. The quantitative estimate of drug-likeness (QED) is 0.750. The minimum Gasteiger partial charge on any atom is -0.382 e. The van der Waals surface area contributed by atoms with E-state index in [4.69, 9.17) is 5.73 Å². The van der Waals surface area contributed by atoms with Gasteiger partial charge in [-0.05, 0) is 0 Å². The van der Waals surface area contributed by atoms with Crippen LogP contribution in [-0.4, -0.2) is 12.5 Å². The summed E-state index contributed by atoms with van der Waals surface area (Å²) in [6.45, 7) is 0.0668. The zero-order chi connectivity index (χ0) is 11.4. The van der Waals surface area contributed by atoms with Crippen molar-refractivity contribution in [2.45, 2.75) is 6.42 Å². The van der Waals surface area contributed by atoms with Gasteiger partial charge in [0.25, 0.3) is 0 Å². The summed E-state index contributed by atoms with van der Waals surface area (Å²) in [5.74, 6) is -3.89. The molecular weight excluding hydrogens is 209 g/mol. The smallest absolute Gasteiger partial charge is 0.219 e. The molecular formula is C9H9F3N2O. The third-order valence-corrected chi connectivity index (χ3v) is 1.70. The molecule has 0 aliphatic rings. The van der Waals surface area contributed by atoms with E-state index in [1.54, 1.807) is 0 Å². The van der Waals surface area contributed by atoms with Gasteiger partial charge in [-0.15, -0.1) is 0 Å². The zero-order valence-electron chi connectivity index (χ0n) is 7.69. The van der Waals surface area contributed by atoms with Crippen LogP contribution in [0.25, 0.3) is 0 Å². The SMILES string of the molecule is NC(=O)CCNc1cc(F)c(F)cc1F. The average molecular weight is 218 g/mol. The molecule has 0 heterocycles. The molecule has 15 heavy (non-hydrogen) atoms. The molecule has 0 atom stereocenters. The highest BCUT2D eigenvalue weighted by atomic mass is 19.2. The molecule has 0 aliphatic carbocycles. The van der Waals surface area contributed by atoms with Crippen LogP contribution in [0.15, 0.2) is 12.1 Å². The maximum Gasteiger partial charge on any atom is 0.219 e. The van der Waals surface area contributed by atoms with Crippen LogP contribution in [0.2, 0.25) is 0 Å². The Morgan fingerprint density at radius 2 is 1.80 bits per heavy atom. The van der Waals surface area contributed by atoms with E-state index in [1.807, 2.05) is 0 Å². The lowest BCUT2D eigenvalue weighted by Crippen LogP contribution is -2.16. The molecule has 3 nitrogen and oxygen atoms in total. The van der Waals surface area contributed by atoms with Crippen LogP contribution >= 0.6 is 0 Å². The van der Waals surface area contributed by atoms with Gasteiger partial charge in [0.15, 0.2) is 11.6 Å². The average Bonchev–Trinajstić information content (AvgIpc) is 2.13. The second-order valence-corrected chi connectivity index (χ2v) is 2.89. The number of primary amides is 1. The van der Waals surface area contributed by atoms with Gasteiger partial charge < -0.3 is 11.1 Å². The Bertz CT molecular complexity index is 382. The number of amides is 1. The summed E-state index contributed by atoms with van der Waals surface area (Å²) >= 11 is 0. The van der Waals surface area contributed by atoms with E-state index in [2.05, 4.69) is 5.32 Å². The molecule has 3 N–H and O–H groups in total. The van der Waals surface area contributed by atoms with Crippen LogP contribution in [0.4, 0.5) is 18.9 Å². The highest BCUT2D eigenvalue weighted by Crippen LogP contribution is 2.18. The number of benzene rings is 1. The van der Waals surface area contributed by atoms with Crippen molar-refractivity contribution in [1.82, 2.24) is 0 Å². The van der Waals surface area contributed by atoms with E-state index >= 15 is 0 Å². The molecule has 0 fully saturated rings. The van der Waals surface area contributed by atoms with Crippen molar-refractivity contribution in [3.63, 3.8) is 0 Å². The normalized spacial score (nSPS) is 10.1. The summed E-state index contributed by atoms with van der Waals surface area (Å²) < 4.78 is 38.1. The van der Waals surface area contributed by atoms with Crippen molar-refractivity contribution >= 4 is 11.6 Å². The van der Waals surface area contributed by atoms with Gasteiger partial charge in [-0.1, -0.05) is 0 Å². The minimum atomic E-state index is -1.26. The van der Waals surface area contributed by atoms with Crippen LogP contribution in [0, 0.1) is 17.5 Å². The molecule has 0 aromatic heterocycles. The molecule has 0 unspecified atom stereocenters. The third-order valence-electron chi connectivity index (χ3n) is 1.70. The molecule has 1 rings (SSSR count). The first-order chi connectivity index (χ1) is 7.00. The monoisotopic (exact) mass is 218 g/mol. The van der Waals surface area contributed by atoms with Crippen LogP contribution in [0.3, 0.4) is 0 Å². The topological polar surface area (TPSA) is 55.1 Å². The molecule has 0 aliphatic heterocycles. The number of nitrogens with one attached hydrogen (secondary N) is 1. The predicted molar refractivity (Wildman–Crippen MR) is 48.6 cm³/mol. The van der Waals surface area contributed by atoms with Crippen LogP contribution < -0.4 is 11.1 Å². The van der Waals surface area contributed by atoms with Gasteiger partial charge in [0.1, 0.15) is 5.82 Å². The lowest BCUT2D eigenvalue weighted by Gasteiger charge is -2.06. The van der Waals surface area contributed by atoms with E-state index in [0.717, 1.165) is 0 Å². The van der Waals surface area contributed by atoms with Crippen molar-refractivity contribution in [2.75, 3.05) is 11.9 Å². The zero-order valence-corrected chi connectivity index (χ0v) is 7.69. The van der Waals surface area contributed by atoms with Crippen molar-refractivity contribution in [1.29, 1.82) is 0 Å². The van der Waals surface area contributed by atoms with Crippen LogP contribution in [0.1, 0.15) is 6.42 Å². The van der Waals surface area contributed by atoms with E-state index in [-0.39, 0.29) is 18.7 Å². The summed E-state index contributed by atoms with van der Waals surface area (Å²) in [5, 5.41) is 2.43. The second-order valence-electron chi connectivity index (χ2n) is 2.89. The fourth-order valence-corrected chi connectivity index (χ4v) is 0.978. The van der Waals surface area contributed by atoms with E-state index in [0.29, 0.717) is 12.1 Å². The van der Waals surface area contributed by atoms with E-state index in [1.165, 1.54) is 0 Å². The number of carbonyl (C=O) groups is 1. The first-order valence-electron chi connectivity index (χ1n) is 4.17. The van der Waals surface area contributed by atoms with Gasteiger partial charge in [0.2, 0.25) is 5.91 Å². The minimum absolute atomic E-state index is 0.0154. The largest absolute Gasteiger partial charge is 0.382 e. The standard InChI is InChI=1S/C9H9F3N2O/c10-5-3-7(12)8(4-6(5)11)14-2-1-9(13)15/h3-4,14H,1-2H2,(H2,13,15). The summed E-state index contributed by atoms with van der Waals surface area (Å²) in [7, 11) is 0. The molecule has 0 saturated heterocycles. The summed E-state index contributed by atoms with van der Waals surface area (Å²) in [6.07, 6.45) is -0.0154. The molecule has 0 radical (unpaired) electrons.